The highest BCUT2D eigenvalue weighted by molar-refractivity contribution is 7.91. The SMILES string of the molecule is O=S(=O)(c1ccccc1)c1cnc2ccccc2c1Nc1ccccc1. The molecule has 4 aromatic rings. The molecule has 4 nitrogen and oxygen atoms in total. The summed E-state index contributed by atoms with van der Waals surface area (Å²) in [5.74, 6) is 0. The molecule has 0 saturated heterocycles. The molecular formula is C21H16N2O2S. The van der Waals surface area contributed by atoms with E-state index in [1.807, 2.05) is 54.6 Å². The topological polar surface area (TPSA) is 59.1 Å². The van der Waals surface area contributed by atoms with Crippen molar-refractivity contribution >= 4 is 32.1 Å². The van der Waals surface area contributed by atoms with Crippen molar-refractivity contribution in [2.45, 2.75) is 9.79 Å². The Kier molecular flexibility index (Phi) is 4.14. The van der Waals surface area contributed by atoms with E-state index in [1.54, 1.807) is 30.3 Å². The standard InChI is InChI=1S/C21H16N2O2S/c24-26(25,17-11-5-2-6-12-17)20-15-22-19-14-8-7-13-18(19)21(20)23-16-9-3-1-4-10-16/h1-15H,(H,22,23). The zero-order valence-electron chi connectivity index (χ0n) is 13.8. The molecule has 0 saturated carbocycles. The van der Waals surface area contributed by atoms with Crippen LogP contribution in [0.4, 0.5) is 11.4 Å². The molecule has 3 aromatic carbocycles. The van der Waals surface area contributed by atoms with Crippen molar-refractivity contribution in [1.82, 2.24) is 4.98 Å². The zero-order chi connectivity index (χ0) is 18.0. The monoisotopic (exact) mass is 360 g/mol. The van der Waals surface area contributed by atoms with Crippen LogP contribution in [0.15, 0.2) is 101 Å². The van der Waals surface area contributed by atoms with Crippen LogP contribution in [0, 0.1) is 0 Å². The molecule has 0 unspecified atom stereocenters. The second-order valence-corrected chi connectivity index (χ2v) is 7.74. The van der Waals surface area contributed by atoms with Gasteiger partial charge in [0.05, 0.1) is 16.1 Å². The van der Waals surface area contributed by atoms with Crippen molar-refractivity contribution in [2.24, 2.45) is 0 Å². The number of benzene rings is 3. The van der Waals surface area contributed by atoms with Crippen LogP contribution in [0.1, 0.15) is 0 Å². The Morgan fingerprint density at radius 1 is 0.731 bits per heavy atom. The lowest BCUT2D eigenvalue weighted by molar-refractivity contribution is 0.596. The number of para-hydroxylation sites is 2. The molecule has 4 rings (SSSR count). The number of hydrogen-bond donors (Lipinski definition) is 1. The third-order valence-electron chi connectivity index (χ3n) is 4.13. The highest BCUT2D eigenvalue weighted by Crippen LogP contribution is 2.34. The molecule has 0 aliphatic heterocycles. The number of sulfone groups is 1. The number of rotatable bonds is 4. The predicted octanol–water partition coefficient (Wildman–Crippen LogP) is 4.81. The molecule has 26 heavy (non-hydrogen) atoms. The number of nitrogens with one attached hydrogen (secondary N) is 1. The Morgan fingerprint density at radius 3 is 2.08 bits per heavy atom. The zero-order valence-corrected chi connectivity index (χ0v) is 14.6. The van der Waals surface area contributed by atoms with Crippen molar-refractivity contribution in [2.75, 3.05) is 5.32 Å². The van der Waals surface area contributed by atoms with Gasteiger partial charge in [-0.1, -0.05) is 54.6 Å². The normalized spacial score (nSPS) is 11.4. The van der Waals surface area contributed by atoms with Gasteiger partial charge in [0.1, 0.15) is 4.90 Å². The summed E-state index contributed by atoms with van der Waals surface area (Å²) in [5.41, 5.74) is 2.08. The number of aromatic nitrogens is 1. The molecular weight excluding hydrogens is 344 g/mol. The van der Waals surface area contributed by atoms with E-state index in [9.17, 15) is 8.42 Å². The molecule has 0 radical (unpaired) electrons. The van der Waals surface area contributed by atoms with Gasteiger partial charge in [-0.25, -0.2) is 8.42 Å². The van der Waals surface area contributed by atoms with E-state index < -0.39 is 9.84 Å². The first-order valence-corrected chi connectivity index (χ1v) is 9.64. The summed E-state index contributed by atoms with van der Waals surface area (Å²) in [7, 11) is -3.71. The average molecular weight is 360 g/mol. The minimum Gasteiger partial charge on any atom is -0.354 e. The minimum absolute atomic E-state index is 0.159. The smallest absolute Gasteiger partial charge is 0.210 e. The van der Waals surface area contributed by atoms with Gasteiger partial charge in [-0.15, -0.1) is 0 Å². The number of fused-ring (bicyclic) bond motifs is 1. The second-order valence-electron chi connectivity index (χ2n) is 5.82. The van der Waals surface area contributed by atoms with E-state index in [4.69, 9.17) is 0 Å². The first kappa shape index (κ1) is 16.3. The fourth-order valence-corrected chi connectivity index (χ4v) is 4.24. The van der Waals surface area contributed by atoms with E-state index >= 15 is 0 Å². The molecule has 0 aliphatic carbocycles. The molecule has 0 fully saturated rings. The van der Waals surface area contributed by atoms with Gasteiger partial charge in [-0.2, -0.15) is 0 Å². The number of pyridine rings is 1. The van der Waals surface area contributed by atoms with Crippen LogP contribution >= 0.6 is 0 Å². The maximum Gasteiger partial charge on any atom is 0.210 e. The van der Waals surface area contributed by atoms with Crippen LogP contribution in [0.3, 0.4) is 0 Å². The number of anilines is 2. The summed E-state index contributed by atoms with van der Waals surface area (Å²) < 4.78 is 26.4. The van der Waals surface area contributed by atoms with Crippen molar-refractivity contribution in [3.63, 3.8) is 0 Å². The Bertz CT molecular complexity index is 1160. The molecule has 0 atom stereocenters. The van der Waals surface area contributed by atoms with Gasteiger partial charge in [0.2, 0.25) is 9.84 Å². The van der Waals surface area contributed by atoms with E-state index in [0.29, 0.717) is 5.69 Å². The van der Waals surface area contributed by atoms with Gasteiger partial charge in [-0.3, -0.25) is 4.98 Å². The molecule has 1 heterocycles. The van der Waals surface area contributed by atoms with Crippen LogP contribution in [0.5, 0.6) is 0 Å². The molecule has 1 N–H and O–H groups in total. The maximum atomic E-state index is 13.2. The quantitative estimate of drug-likeness (QED) is 0.567. The van der Waals surface area contributed by atoms with E-state index in [0.717, 1.165) is 16.6 Å². The molecule has 5 heteroatoms. The Labute approximate surface area is 152 Å². The van der Waals surface area contributed by atoms with Crippen LogP contribution in [0.25, 0.3) is 10.9 Å². The van der Waals surface area contributed by atoms with Gasteiger partial charge >= 0.3 is 0 Å². The lowest BCUT2D eigenvalue weighted by Gasteiger charge is -2.15. The van der Waals surface area contributed by atoms with Crippen LogP contribution in [-0.2, 0) is 9.84 Å². The van der Waals surface area contributed by atoms with Gasteiger partial charge in [0, 0.05) is 17.3 Å². The van der Waals surface area contributed by atoms with E-state index in [2.05, 4.69) is 10.3 Å². The summed E-state index contributed by atoms with van der Waals surface area (Å²) in [6.45, 7) is 0. The van der Waals surface area contributed by atoms with Crippen LogP contribution in [0.2, 0.25) is 0 Å². The third kappa shape index (κ3) is 2.93. The van der Waals surface area contributed by atoms with Gasteiger partial charge < -0.3 is 5.32 Å². The molecule has 0 aliphatic rings. The van der Waals surface area contributed by atoms with Crippen LogP contribution < -0.4 is 5.32 Å². The summed E-state index contributed by atoms with van der Waals surface area (Å²) in [6.07, 6.45) is 1.43. The first-order valence-electron chi connectivity index (χ1n) is 8.16. The fourth-order valence-electron chi connectivity index (χ4n) is 2.85. The second kappa shape index (κ2) is 6.61. The molecule has 1 aromatic heterocycles. The largest absolute Gasteiger partial charge is 0.354 e. The lowest BCUT2D eigenvalue weighted by Crippen LogP contribution is -2.07. The van der Waals surface area contributed by atoms with Crippen molar-refractivity contribution in [3.8, 4) is 0 Å². The lowest BCUT2D eigenvalue weighted by atomic mass is 10.2. The van der Waals surface area contributed by atoms with Crippen molar-refractivity contribution in [3.05, 3.63) is 91.1 Å². The number of hydrogen-bond acceptors (Lipinski definition) is 4. The van der Waals surface area contributed by atoms with Crippen LogP contribution in [-0.4, -0.2) is 13.4 Å². The van der Waals surface area contributed by atoms with Gasteiger partial charge in [0.25, 0.3) is 0 Å². The Hall–Kier alpha value is -3.18. The van der Waals surface area contributed by atoms with E-state index in [1.165, 1.54) is 6.20 Å². The highest BCUT2D eigenvalue weighted by Gasteiger charge is 2.23. The fraction of sp³-hybridized carbons (Fsp3) is 0. The average Bonchev–Trinajstić information content (AvgIpc) is 2.69. The molecule has 0 amide bonds. The maximum absolute atomic E-state index is 13.2. The molecule has 0 bridgehead atoms. The summed E-state index contributed by atoms with van der Waals surface area (Å²) >= 11 is 0. The summed E-state index contributed by atoms with van der Waals surface area (Å²) in [6, 6.07) is 25.4. The molecule has 128 valence electrons. The van der Waals surface area contributed by atoms with Crippen molar-refractivity contribution in [1.29, 1.82) is 0 Å². The van der Waals surface area contributed by atoms with E-state index in [-0.39, 0.29) is 9.79 Å². The minimum atomic E-state index is -3.71. The van der Waals surface area contributed by atoms with Gasteiger partial charge in [-0.05, 0) is 30.3 Å². The Balaban J connectivity index is 1.96. The molecule has 0 spiro atoms. The Morgan fingerprint density at radius 2 is 1.35 bits per heavy atom. The summed E-state index contributed by atoms with van der Waals surface area (Å²) in [4.78, 5) is 4.76. The predicted molar refractivity (Wildman–Crippen MR) is 103 cm³/mol. The highest BCUT2D eigenvalue weighted by atomic mass is 32.2. The van der Waals surface area contributed by atoms with Gasteiger partial charge in [0.15, 0.2) is 0 Å². The van der Waals surface area contributed by atoms with Crippen molar-refractivity contribution < 1.29 is 8.42 Å². The first-order chi connectivity index (χ1) is 12.7. The number of nitrogens with zero attached hydrogens (tertiary/aromatic N) is 1. The summed E-state index contributed by atoms with van der Waals surface area (Å²) in [5, 5.41) is 4.03. The third-order valence-corrected chi connectivity index (χ3v) is 5.91.